The zero-order valence-electron chi connectivity index (χ0n) is 16.2. The molecule has 1 saturated heterocycles. The van der Waals surface area contributed by atoms with Crippen LogP contribution < -0.4 is 4.90 Å². The summed E-state index contributed by atoms with van der Waals surface area (Å²) >= 11 is 0. The van der Waals surface area contributed by atoms with E-state index in [4.69, 9.17) is 4.98 Å². The second-order valence-corrected chi connectivity index (χ2v) is 7.86. The van der Waals surface area contributed by atoms with E-state index in [9.17, 15) is 4.79 Å². The van der Waals surface area contributed by atoms with Crippen molar-refractivity contribution < 1.29 is 4.79 Å². The van der Waals surface area contributed by atoms with Gasteiger partial charge in [-0.05, 0) is 42.5 Å². The topological polar surface area (TPSA) is 54.3 Å². The standard InChI is InChI=1S/C22H25N5O/c1-25-20-19(7-4-11-23-20)24-22(25)26-12-9-17(10-13-26)21(28)27-14-8-16-5-2-3-6-18(16)15-27/h2-7,11,17H,8-10,12-15H2,1H3. The van der Waals surface area contributed by atoms with Crippen molar-refractivity contribution in [3.63, 3.8) is 0 Å². The number of carbonyl (C=O) groups excluding carboxylic acids is 1. The highest BCUT2D eigenvalue weighted by molar-refractivity contribution is 5.80. The summed E-state index contributed by atoms with van der Waals surface area (Å²) in [7, 11) is 2.01. The first-order chi connectivity index (χ1) is 13.7. The molecule has 5 rings (SSSR count). The molecule has 0 aliphatic carbocycles. The minimum Gasteiger partial charge on any atom is -0.342 e. The number of amides is 1. The van der Waals surface area contributed by atoms with Crippen molar-refractivity contribution in [1.82, 2.24) is 19.4 Å². The predicted molar refractivity (Wildman–Crippen MR) is 109 cm³/mol. The van der Waals surface area contributed by atoms with Gasteiger partial charge in [-0.1, -0.05) is 24.3 Å². The molecule has 2 aromatic heterocycles. The van der Waals surface area contributed by atoms with Gasteiger partial charge in [0.05, 0.1) is 0 Å². The number of piperidine rings is 1. The molecule has 3 aromatic rings. The minimum atomic E-state index is 0.120. The normalized spacial score (nSPS) is 17.8. The number of anilines is 1. The second kappa shape index (κ2) is 6.93. The van der Waals surface area contributed by atoms with Gasteiger partial charge in [-0.15, -0.1) is 0 Å². The van der Waals surface area contributed by atoms with Gasteiger partial charge in [-0.25, -0.2) is 9.97 Å². The predicted octanol–water partition coefficient (Wildman–Crippen LogP) is 2.77. The molecular weight excluding hydrogens is 350 g/mol. The molecular formula is C22H25N5O. The van der Waals surface area contributed by atoms with Crippen molar-refractivity contribution >= 4 is 23.0 Å². The van der Waals surface area contributed by atoms with Crippen LogP contribution in [0.15, 0.2) is 42.6 Å². The Morgan fingerprint density at radius 3 is 2.61 bits per heavy atom. The monoisotopic (exact) mass is 375 g/mol. The van der Waals surface area contributed by atoms with Crippen LogP contribution in [0, 0.1) is 5.92 Å². The Kier molecular flexibility index (Phi) is 4.26. The number of rotatable bonds is 2. The van der Waals surface area contributed by atoms with Crippen LogP contribution in [0.25, 0.3) is 11.2 Å². The smallest absolute Gasteiger partial charge is 0.226 e. The minimum absolute atomic E-state index is 0.120. The number of aromatic nitrogens is 3. The maximum absolute atomic E-state index is 13.1. The average molecular weight is 375 g/mol. The molecule has 0 N–H and O–H groups in total. The number of imidazole rings is 1. The van der Waals surface area contributed by atoms with Gasteiger partial charge in [-0.2, -0.15) is 0 Å². The molecule has 0 atom stereocenters. The maximum Gasteiger partial charge on any atom is 0.226 e. The second-order valence-electron chi connectivity index (χ2n) is 7.86. The van der Waals surface area contributed by atoms with Crippen LogP contribution in [0.5, 0.6) is 0 Å². The van der Waals surface area contributed by atoms with Crippen molar-refractivity contribution in [3.05, 3.63) is 53.7 Å². The first kappa shape index (κ1) is 17.2. The van der Waals surface area contributed by atoms with E-state index in [1.165, 1.54) is 11.1 Å². The Labute approximate surface area is 164 Å². The van der Waals surface area contributed by atoms with E-state index in [-0.39, 0.29) is 5.92 Å². The Morgan fingerprint density at radius 1 is 1.04 bits per heavy atom. The van der Waals surface area contributed by atoms with E-state index in [0.717, 1.165) is 62.6 Å². The highest BCUT2D eigenvalue weighted by Gasteiger charge is 2.31. The number of hydrogen-bond acceptors (Lipinski definition) is 4. The fourth-order valence-corrected chi connectivity index (χ4v) is 4.56. The summed E-state index contributed by atoms with van der Waals surface area (Å²) in [6.07, 6.45) is 4.53. The third kappa shape index (κ3) is 2.93. The van der Waals surface area contributed by atoms with Crippen LogP contribution >= 0.6 is 0 Å². The summed E-state index contributed by atoms with van der Waals surface area (Å²) in [4.78, 5) is 26.6. The maximum atomic E-state index is 13.1. The highest BCUT2D eigenvalue weighted by Crippen LogP contribution is 2.28. The van der Waals surface area contributed by atoms with Gasteiger partial charge in [0.15, 0.2) is 5.65 Å². The van der Waals surface area contributed by atoms with E-state index in [1.54, 1.807) is 6.20 Å². The van der Waals surface area contributed by atoms with Crippen molar-refractivity contribution in [3.8, 4) is 0 Å². The van der Waals surface area contributed by atoms with Crippen molar-refractivity contribution in [1.29, 1.82) is 0 Å². The molecule has 6 nitrogen and oxygen atoms in total. The Hall–Kier alpha value is -2.89. The summed E-state index contributed by atoms with van der Waals surface area (Å²) in [5, 5.41) is 0. The number of carbonyl (C=O) groups is 1. The van der Waals surface area contributed by atoms with E-state index < -0.39 is 0 Å². The lowest BCUT2D eigenvalue weighted by atomic mass is 9.93. The molecule has 1 fully saturated rings. The van der Waals surface area contributed by atoms with Crippen LogP contribution in [0.4, 0.5) is 5.95 Å². The van der Waals surface area contributed by atoms with Crippen LogP contribution in [0.2, 0.25) is 0 Å². The summed E-state index contributed by atoms with van der Waals surface area (Å²) in [5.74, 6) is 1.39. The number of benzene rings is 1. The SMILES string of the molecule is Cn1c(N2CCC(C(=O)N3CCc4ccccc4C3)CC2)nc2cccnc21. The molecule has 1 aromatic carbocycles. The molecule has 144 valence electrons. The van der Waals surface area contributed by atoms with Crippen LogP contribution in [-0.4, -0.2) is 45.0 Å². The number of nitrogens with zero attached hydrogens (tertiary/aromatic N) is 5. The molecule has 0 spiro atoms. The molecule has 0 radical (unpaired) electrons. The van der Waals surface area contributed by atoms with Gasteiger partial charge >= 0.3 is 0 Å². The first-order valence-electron chi connectivity index (χ1n) is 10.1. The molecule has 0 unspecified atom stereocenters. The molecule has 4 heterocycles. The summed E-state index contributed by atoms with van der Waals surface area (Å²) in [5.41, 5.74) is 4.51. The lowest BCUT2D eigenvalue weighted by Gasteiger charge is -2.36. The lowest BCUT2D eigenvalue weighted by molar-refractivity contribution is -0.137. The molecule has 1 amide bonds. The van der Waals surface area contributed by atoms with Gasteiger partial charge in [0.1, 0.15) is 5.52 Å². The summed E-state index contributed by atoms with van der Waals surface area (Å²) in [6, 6.07) is 12.4. The molecule has 0 saturated carbocycles. The fourth-order valence-electron chi connectivity index (χ4n) is 4.56. The Morgan fingerprint density at radius 2 is 1.82 bits per heavy atom. The Balaban J connectivity index is 1.26. The highest BCUT2D eigenvalue weighted by atomic mass is 16.2. The van der Waals surface area contributed by atoms with Crippen LogP contribution in [-0.2, 0) is 24.8 Å². The molecule has 2 aliphatic rings. The molecule has 2 aliphatic heterocycles. The lowest BCUT2D eigenvalue weighted by Crippen LogP contribution is -2.44. The largest absolute Gasteiger partial charge is 0.342 e. The number of hydrogen-bond donors (Lipinski definition) is 0. The zero-order valence-corrected chi connectivity index (χ0v) is 16.2. The Bertz CT molecular complexity index is 1020. The van der Waals surface area contributed by atoms with Crippen molar-refractivity contribution in [2.24, 2.45) is 13.0 Å². The van der Waals surface area contributed by atoms with Gasteiger partial charge in [0.2, 0.25) is 11.9 Å². The van der Waals surface area contributed by atoms with E-state index in [1.807, 2.05) is 19.2 Å². The van der Waals surface area contributed by atoms with Crippen LogP contribution in [0.1, 0.15) is 24.0 Å². The quantitative estimate of drug-likeness (QED) is 0.691. The number of pyridine rings is 1. The van der Waals surface area contributed by atoms with Gasteiger partial charge < -0.3 is 9.80 Å². The van der Waals surface area contributed by atoms with E-state index in [2.05, 4.69) is 43.6 Å². The molecule has 6 heteroatoms. The zero-order chi connectivity index (χ0) is 19.1. The van der Waals surface area contributed by atoms with E-state index in [0.29, 0.717) is 5.91 Å². The van der Waals surface area contributed by atoms with Gasteiger partial charge in [-0.3, -0.25) is 9.36 Å². The third-order valence-corrected chi connectivity index (χ3v) is 6.17. The number of aryl methyl sites for hydroxylation is 1. The number of fused-ring (bicyclic) bond motifs is 2. The third-order valence-electron chi connectivity index (χ3n) is 6.17. The molecule has 28 heavy (non-hydrogen) atoms. The van der Waals surface area contributed by atoms with Gasteiger partial charge in [0, 0.05) is 45.3 Å². The van der Waals surface area contributed by atoms with Gasteiger partial charge in [0.25, 0.3) is 0 Å². The van der Waals surface area contributed by atoms with Crippen molar-refractivity contribution in [2.75, 3.05) is 24.5 Å². The summed E-state index contributed by atoms with van der Waals surface area (Å²) < 4.78 is 2.05. The van der Waals surface area contributed by atoms with Crippen LogP contribution in [0.3, 0.4) is 0 Å². The summed E-state index contributed by atoms with van der Waals surface area (Å²) in [6.45, 7) is 3.31. The van der Waals surface area contributed by atoms with Crippen molar-refractivity contribution in [2.45, 2.75) is 25.8 Å². The first-order valence-corrected chi connectivity index (χ1v) is 10.1. The molecule has 0 bridgehead atoms. The fraction of sp³-hybridized carbons (Fsp3) is 0.409. The van der Waals surface area contributed by atoms with E-state index >= 15 is 0 Å². The average Bonchev–Trinajstić information content (AvgIpc) is 3.10.